The van der Waals surface area contributed by atoms with Gasteiger partial charge in [0.05, 0.1) is 11.9 Å². The van der Waals surface area contributed by atoms with E-state index < -0.39 is 0 Å². The third-order valence-corrected chi connectivity index (χ3v) is 4.38. The zero-order valence-corrected chi connectivity index (χ0v) is 15.0. The third kappa shape index (κ3) is 4.76. The van der Waals surface area contributed by atoms with Crippen LogP contribution in [0.4, 0.5) is 10.6 Å². The van der Waals surface area contributed by atoms with Crippen molar-refractivity contribution < 1.29 is 4.79 Å². The second kappa shape index (κ2) is 7.18. The van der Waals surface area contributed by atoms with Crippen molar-refractivity contribution in [3.8, 4) is 11.3 Å². The number of aromatic nitrogens is 4. The summed E-state index contributed by atoms with van der Waals surface area (Å²) in [5.74, 6) is 0.424. The second-order valence-corrected chi connectivity index (χ2v) is 7.28. The Morgan fingerprint density at radius 1 is 1.32 bits per heavy atom. The molecule has 2 aromatic heterocycles. The molecule has 1 aliphatic heterocycles. The van der Waals surface area contributed by atoms with E-state index in [1.54, 1.807) is 16.9 Å². The van der Waals surface area contributed by atoms with Gasteiger partial charge in [0.15, 0.2) is 5.82 Å². The lowest BCUT2D eigenvalue weighted by atomic mass is 9.93. The van der Waals surface area contributed by atoms with Crippen LogP contribution in [0.15, 0.2) is 24.5 Å². The van der Waals surface area contributed by atoms with E-state index in [2.05, 4.69) is 44.7 Å². The summed E-state index contributed by atoms with van der Waals surface area (Å²) in [6.45, 7) is 8.21. The van der Waals surface area contributed by atoms with E-state index in [4.69, 9.17) is 0 Å². The minimum Gasteiger partial charge on any atom is -0.337 e. The van der Waals surface area contributed by atoms with Gasteiger partial charge in [-0.15, -0.1) is 10.2 Å². The predicted octanol–water partition coefficient (Wildman–Crippen LogP) is 1.73. The lowest BCUT2D eigenvalue weighted by Crippen LogP contribution is -2.36. The topological polar surface area (TPSA) is 88.0 Å². The van der Waals surface area contributed by atoms with E-state index in [-0.39, 0.29) is 6.03 Å². The van der Waals surface area contributed by atoms with Crippen LogP contribution in [0.25, 0.3) is 11.3 Å². The fraction of sp³-hybridized carbons (Fsp3) is 0.529. The van der Waals surface area contributed by atoms with Gasteiger partial charge in [0, 0.05) is 38.4 Å². The second-order valence-electron chi connectivity index (χ2n) is 7.28. The molecule has 2 aromatic rings. The van der Waals surface area contributed by atoms with Gasteiger partial charge in [0.25, 0.3) is 0 Å². The first-order valence-corrected chi connectivity index (χ1v) is 8.51. The van der Waals surface area contributed by atoms with Gasteiger partial charge >= 0.3 is 6.03 Å². The number of urea groups is 1. The molecular weight excluding hydrogens is 318 g/mol. The molecule has 1 fully saturated rings. The van der Waals surface area contributed by atoms with Crippen molar-refractivity contribution in [2.45, 2.75) is 20.3 Å². The molecule has 25 heavy (non-hydrogen) atoms. The minimum absolute atomic E-state index is 0.262. The van der Waals surface area contributed by atoms with Gasteiger partial charge in [-0.2, -0.15) is 5.10 Å². The number of likely N-dealkylation sites (tertiary alicyclic amines) is 1. The number of nitrogens with one attached hydrogen (secondary N) is 2. The van der Waals surface area contributed by atoms with Gasteiger partial charge in [-0.25, -0.2) is 4.79 Å². The van der Waals surface area contributed by atoms with Gasteiger partial charge in [-0.1, -0.05) is 13.8 Å². The number of amides is 2. The molecule has 2 amide bonds. The van der Waals surface area contributed by atoms with Crippen molar-refractivity contribution in [2.75, 3.05) is 31.5 Å². The zero-order chi connectivity index (χ0) is 17.9. The zero-order valence-electron chi connectivity index (χ0n) is 15.0. The van der Waals surface area contributed by atoms with Crippen LogP contribution < -0.4 is 10.6 Å². The molecule has 8 heteroatoms. The smallest absolute Gasteiger partial charge is 0.320 e. The highest BCUT2D eigenvalue weighted by atomic mass is 16.2. The molecule has 1 saturated heterocycles. The summed E-state index contributed by atoms with van der Waals surface area (Å²) < 4.78 is 1.71. The molecule has 2 N–H and O–H groups in total. The minimum atomic E-state index is -0.262. The molecule has 0 spiro atoms. The normalized spacial score (nSPS) is 16.8. The van der Waals surface area contributed by atoms with Crippen molar-refractivity contribution in [3.05, 3.63) is 24.5 Å². The average molecular weight is 343 g/mol. The molecule has 0 saturated carbocycles. The number of carbonyl (C=O) groups is 1. The maximum Gasteiger partial charge on any atom is 0.320 e. The molecule has 0 bridgehead atoms. The van der Waals surface area contributed by atoms with Crippen LogP contribution in [0.1, 0.15) is 20.3 Å². The summed E-state index contributed by atoms with van der Waals surface area (Å²) in [6.07, 6.45) is 4.80. The van der Waals surface area contributed by atoms with E-state index in [0.29, 0.717) is 17.8 Å². The summed E-state index contributed by atoms with van der Waals surface area (Å²) >= 11 is 0. The molecule has 0 unspecified atom stereocenters. The van der Waals surface area contributed by atoms with Gasteiger partial charge < -0.3 is 10.2 Å². The summed E-state index contributed by atoms with van der Waals surface area (Å²) in [5, 5.41) is 17.8. The van der Waals surface area contributed by atoms with E-state index in [9.17, 15) is 4.79 Å². The predicted molar refractivity (Wildman–Crippen MR) is 96.1 cm³/mol. The lowest BCUT2D eigenvalue weighted by molar-refractivity contribution is 0.247. The van der Waals surface area contributed by atoms with Crippen molar-refractivity contribution >= 4 is 11.8 Å². The highest BCUT2D eigenvalue weighted by molar-refractivity contribution is 5.88. The van der Waals surface area contributed by atoms with Crippen molar-refractivity contribution in [1.29, 1.82) is 0 Å². The average Bonchev–Trinajstić information content (AvgIpc) is 3.13. The maximum atomic E-state index is 11.9. The SMILES string of the molecule is Cn1cc(-c2ccc(NC(=O)NCCN3CCC(C)(C)C3)nn2)cn1. The van der Waals surface area contributed by atoms with Gasteiger partial charge in [-0.05, 0) is 30.5 Å². The van der Waals surface area contributed by atoms with Crippen LogP contribution >= 0.6 is 0 Å². The van der Waals surface area contributed by atoms with Gasteiger partial charge in [0.2, 0.25) is 0 Å². The molecule has 3 rings (SSSR count). The molecular formula is C17H25N7O. The van der Waals surface area contributed by atoms with E-state index in [1.807, 2.05) is 19.3 Å². The third-order valence-electron chi connectivity index (χ3n) is 4.38. The number of hydrogen-bond donors (Lipinski definition) is 2. The first-order valence-electron chi connectivity index (χ1n) is 8.51. The van der Waals surface area contributed by atoms with Crippen LogP contribution in [-0.4, -0.2) is 57.1 Å². The first-order chi connectivity index (χ1) is 11.9. The first kappa shape index (κ1) is 17.3. The van der Waals surface area contributed by atoms with Crippen LogP contribution in [-0.2, 0) is 7.05 Å². The number of anilines is 1. The Morgan fingerprint density at radius 3 is 2.76 bits per heavy atom. The highest BCUT2D eigenvalue weighted by Gasteiger charge is 2.28. The maximum absolute atomic E-state index is 11.9. The number of aryl methyl sites for hydroxylation is 1. The highest BCUT2D eigenvalue weighted by Crippen LogP contribution is 2.28. The fourth-order valence-corrected chi connectivity index (χ4v) is 3.01. The van der Waals surface area contributed by atoms with Crippen LogP contribution in [0.3, 0.4) is 0 Å². The number of carbonyl (C=O) groups excluding carboxylic acids is 1. The standard InChI is InChI=1S/C17H25N7O/c1-17(2)6-8-24(12-17)9-7-18-16(25)20-15-5-4-14(21-22-15)13-10-19-23(3)11-13/h4-5,10-11H,6-9,12H2,1-3H3,(H2,18,20,22,25). The number of nitrogens with zero attached hydrogens (tertiary/aromatic N) is 5. The van der Waals surface area contributed by atoms with Crippen molar-refractivity contribution in [2.24, 2.45) is 12.5 Å². The van der Waals surface area contributed by atoms with Crippen LogP contribution in [0.2, 0.25) is 0 Å². The Bertz CT molecular complexity index is 723. The lowest BCUT2D eigenvalue weighted by Gasteiger charge is -2.19. The van der Waals surface area contributed by atoms with E-state index in [1.165, 1.54) is 6.42 Å². The Kier molecular flexibility index (Phi) is 4.98. The molecule has 3 heterocycles. The van der Waals surface area contributed by atoms with E-state index >= 15 is 0 Å². The quantitative estimate of drug-likeness (QED) is 0.863. The van der Waals surface area contributed by atoms with E-state index in [0.717, 1.165) is 30.9 Å². The summed E-state index contributed by atoms with van der Waals surface area (Å²) in [4.78, 5) is 14.3. The largest absolute Gasteiger partial charge is 0.337 e. The molecule has 0 aliphatic carbocycles. The molecule has 0 radical (unpaired) electrons. The monoisotopic (exact) mass is 343 g/mol. The Balaban J connectivity index is 1.43. The van der Waals surface area contributed by atoms with Crippen LogP contribution in [0.5, 0.6) is 0 Å². The molecule has 1 aliphatic rings. The summed E-state index contributed by atoms with van der Waals surface area (Å²) in [6, 6.07) is 3.28. The molecule has 0 atom stereocenters. The Hall–Kier alpha value is -2.48. The molecule has 134 valence electrons. The van der Waals surface area contributed by atoms with Crippen LogP contribution in [0, 0.1) is 5.41 Å². The molecule has 0 aromatic carbocycles. The summed E-state index contributed by atoms with van der Waals surface area (Å²) in [7, 11) is 1.85. The summed E-state index contributed by atoms with van der Waals surface area (Å²) in [5.41, 5.74) is 1.99. The van der Waals surface area contributed by atoms with Crippen molar-refractivity contribution in [3.63, 3.8) is 0 Å². The van der Waals surface area contributed by atoms with Crippen molar-refractivity contribution in [1.82, 2.24) is 30.2 Å². The number of hydrogen-bond acceptors (Lipinski definition) is 5. The number of rotatable bonds is 5. The molecule has 8 nitrogen and oxygen atoms in total. The van der Waals surface area contributed by atoms with Gasteiger partial charge in [-0.3, -0.25) is 10.00 Å². The fourth-order valence-electron chi connectivity index (χ4n) is 3.01. The Morgan fingerprint density at radius 2 is 2.16 bits per heavy atom. The Labute approximate surface area is 147 Å². The van der Waals surface area contributed by atoms with Gasteiger partial charge in [0.1, 0.15) is 0 Å².